The van der Waals surface area contributed by atoms with Gasteiger partial charge in [-0.1, -0.05) is 0 Å². The van der Waals surface area contributed by atoms with Gasteiger partial charge in [0.1, 0.15) is 0 Å². The van der Waals surface area contributed by atoms with Crippen molar-refractivity contribution in [1.82, 2.24) is 19.6 Å². The lowest BCUT2D eigenvalue weighted by molar-refractivity contribution is 0.0893. The van der Waals surface area contributed by atoms with Gasteiger partial charge in [0.15, 0.2) is 11.6 Å². The Hall–Kier alpha value is -2.24. The van der Waals surface area contributed by atoms with Crippen LogP contribution in [0, 0.1) is 13.8 Å². The van der Waals surface area contributed by atoms with Crippen LogP contribution < -0.4 is 0 Å². The van der Waals surface area contributed by atoms with E-state index in [0.717, 1.165) is 5.69 Å². The van der Waals surface area contributed by atoms with Gasteiger partial charge >= 0.3 is 0 Å². The van der Waals surface area contributed by atoms with Crippen LogP contribution in [-0.2, 0) is 13.6 Å². The summed E-state index contributed by atoms with van der Waals surface area (Å²) in [6.45, 7) is 6.32. The summed E-state index contributed by atoms with van der Waals surface area (Å²) in [6.07, 6.45) is 2.94. The van der Waals surface area contributed by atoms with Crippen LogP contribution in [0.4, 0.5) is 0 Å². The third kappa shape index (κ3) is 2.54. The highest BCUT2D eigenvalue weighted by atomic mass is 16.1. The molecule has 0 bridgehead atoms. The number of aryl methyl sites for hydroxylation is 3. The van der Waals surface area contributed by atoms with Gasteiger partial charge in [-0.25, -0.2) is 0 Å². The van der Waals surface area contributed by atoms with Gasteiger partial charge in [-0.3, -0.25) is 19.0 Å². The van der Waals surface area contributed by atoms with E-state index in [0.29, 0.717) is 23.4 Å². The first-order valence-corrected chi connectivity index (χ1v) is 6.53. The molecule has 0 aromatic carbocycles. The van der Waals surface area contributed by atoms with Gasteiger partial charge in [0, 0.05) is 25.5 Å². The highest BCUT2D eigenvalue weighted by Gasteiger charge is 2.21. The number of carbonyl (C=O) groups excluding carboxylic acids is 2. The molecule has 0 radical (unpaired) electrons. The van der Waals surface area contributed by atoms with Crippen molar-refractivity contribution < 1.29 is 9.59 Å². The largest absolute Gasteiger partial charge is 0.294 e. The molecule has 106 valence electrons. The third-order valence-corrected chi connectivity index (χ3v) is 3.31. The van der Waals surface area contributed by atoms with Crippen LogP contribution >= 0.6 is 0 Å². The zero-order valence-corrected chi connectivity index (χ0v) is 12.2. The van der Waals surface area contributed by atoms with Crippen molar-refractivity contribution in [2.45, 2.75) is 33.7 Å². The van der Waals surface area contributed by atoms with E-state index in [-0.39, 0.29) is 18.0 Å². The smallest absolute Gasteiger partial charge is 0.174 e. The molecule has 20 heavy (non-hydrogen) atoms. The number of hydrogen-bond donors (Lipinski definition) is 0. The predicted octanol–water partition coefficient (Wildman–Crippen LogP) is 1.71. The molecule has 2 aromatic rings. The minimum Gasteiger partial charge on any atom is -0.294 e. The van der Waals surface area contributed by atoms with Gasteiger partial charge in [0.05, 0.1) is 29.4 Å². The maximum atomic E-state index is 12.3. The first-order chi connectivity index (χ1) is 9.43. The fourth-order valence-corrected chi connectivity index (χ4v) is 2.31. The number of ketones is 2. The highest BCUT2D eigenvalue weighted by Crippen LogP contribution is 2.16. The molecule has 0 N–H and O–H groups in total. The van der Waals surface area contributed by atoms with E-state index in [1.165, 1.54) is 6.20 Å². The van der Waals surface area contributed by atoms with Gasteiger partial charge in [-0.2, -0.15) is 10.2 Å². The molecule has 2 heterocycles. The van der Waals surface area contributed by atoms with Crippen LogP contribution in [0.5, 0.6) is 0 Å². The maximum absolute atomic E-state index is 12.3. The fourth-order valence-electron chi connectivity index (χ4n) is 2.31. The van der Waals surface area contributed by atoms with E-state index in [4.69, 9.17) is 0 Å². The van der Waals surface area contributed by atoms with Crippen molar-refractivity contribution in [2.75, 3.05) is 0 Å². The van der Waals surface area contributed by atoms with E-state index in [9.17, 15) is 9.59 Å². The molecule has 0 spiro atoms. The summed E-state index contributed by atoms with van der Waals surface area (Å²) in [4.78, 5) is 24.3. The molecule has 0 fully saturated rings. The Labute approximate surface area is 117 Å². The Bertz CT molecular complexity index is 667. The summed E-state index contributed by atoms with van der Waals surface area (Å²) in [7, 11) is 1.73. The van der Waals surface area contributed by atoms with Gasteiger partial charge in [-0.05, 0) is 20.8 Å². The summed E-state index contributed by atoms with van der Waals surface area (Å²) in [5.41, 5.74) is 2.51. The summed E-state index contributed by atoms with van der Waals surface area (Å²) in [5, 5.41) is 8.24. The van der Waals surface area contributed by atoms with E-state index in [1.807, 2.05) is 13.8 Å². The lowest BCUT2D eigenvalue weighted by Gasteiger charge is -2.01. The second kappa shape index (κ2) is 5.40. The Morgan fingerprint density at radius 3 is 2.45 bits per heavy atom. The van der Waals surface area contributed by atoms with Crippen molar-refractivity contribution in [2.24, 2.45) is 7.05 Å². The van der Waals surface area contributed by atoms with Crippen LogP contribution in [0.1, 0.15) is 45.4 Å². The SMILES string of the molecule is CCn1nc(C)c(C(=O)CC(=O)c2cnn(C)c2)c1C. The zero-order valence-electron chi connectivity index (χ0n) is 12.2. The van der Waals surface area contributed by atoms with E-state index < -0.39 is 0 Å². The van der Waals surface area contributed by atoms with Crippen LogP contribution in [-0.4, -0.2) is 31.1 Å². The lowest BCUT2D eigenvalue weighted by Crippen LogP contribution is -2.10. The van der Waals surface area contributed by atoms with Crippen molar-refractivity contribution in [1.29, 1.82) is 0 Å². The molecule has 2 aromatic heterocycles. The number of hydrogen-bond acceptors (Lipinski definition) is 4. The molecular weight excluding hydrogens is 256 g/mol. The Morgan fingerprint density at radius 2 is 1.95 bits per heavy atom. The number of Topliss-reactive ketones (excluding diaryl/α,β-unsaturated/α-hetero) is 2. The monoisotopic (exact) mass is 274 g/mol. The number of carbonyl (C=O) groups is 2. The second-order valence-electron chi connectivity index (χ2n) is 4.79. The Morgan fingerprint density at radius 1 is 1.25 bits per heavy atom. The molecule has 6 nitrogen and oxygen atoms in total. The number of nitrogens with zero attached hydrogens (tertiary/aromatic N) is 4. The molecule has 0 aliphatic carbocycles. The topological polar surface area (TPSA) is 69.8 Å². The van der Waals surface area contributed by atoms with Gasteiger partial charge < -0.3 is 0 Å². The van der Waals surface area contributed by atoms with Gasteiger partial charge in [0.25, 0.3) is 0 Å². The Kier molecular flexibility index (Phi) is 3.83. The summed E-state index contributed by atoms with van der Waals surface area (Å²) in [6, 6.07) is 0. The molecule has 6 heteroatoms. The minimum atomic E-state index is -0.217. The average Bonchev–Trinajstić information content (AvgIpc) is 2.93. The molecule has 2 rings (SSSR count). The number of aromatic nitrogens is 4. The van der Waals surface area contributed by atoms with Crippen LogP contribution in [0.2, 0.25) is 0 Å². The summed E-state index contributed by atoms with van der Waals surface area (Å²) in [5.74, 6) is -0.403. The second-order valence-corrected chi connectivity index (χ2v) is 4.79. The van der Waals surface area contributed by atoms with Crippen LogP contribution in [0.25, 0.3) is 0 Å². The average molecular weight is 274 g/mol. The zero-order chi connectivity index (χ0) is 14.9. The van der Waals surface area contributed by atoms with E-state index in [2.05, 4.69) is 10.2 Å². The van der Waals surface area contributed by atoms with Crippen molar-refractivity contribution >= 4 is 11.6 Å². The highest BCUT2D eigenvalue weighted by molar-refractivity contribution is 6.14. The molecule has 0 atom stereocenters. The quantitative estimate of drug-likeness (QED) is 0.614. The minimum absolute atomic E-state index is 0.150. The molecule has 0 aliphatic heterocycles. The molecule has 0 unspecified atom stereocenters. The first kappa shape index (κ1) is 14.2. The molecule has 0 amide bonds. The van der Waals surface area contributed by atoms with Gasteiger partial charge in [-0.15, -0.1) is 0 Å². The first-order valence-electron chi connectivity index (χ1n) is 6.53. The lowest BCUT2D eigenvalue weighted by atomic mass is 10.0. The maximum Gasteiger partial charge on any atom is 0.174 e. The summed E-state index contributed by atoms with van der Waals surface area (Å²) < 4.78 is 3.32. The summed E-state index contributed by atoms with van der Waals surface area (Å²) >= 11 is 0. The fraction of sp³-hybridized carbons (Fsp3) is 0.429. The van der Waals surface area contributed by atoms with Crippen molar-refractivity contribution in [3.8, 4) is 0 Å². The van der Waals surface area contributed by atoms with E-state index >= 15 is 0 Å². The molecule has 0 saturated carbocycles. The number of rotatable bonds is 5. The van der Waals surface area contributed by atoms with Crippen molar-refractivity contribution in [3.05, 3.63) is 34.9 Å². The van der Waals surface area contributed by atoms with Crippen LogP contribution in [0.3, 0.4) is 0 Å². The molecule has 0 aliphatic rings. The third-order valence-electron chi connectivity index (χ3n) is 3.31. The van der Waals surface area contributed by atoms with Gasteiger partial charge in [0.2, 0.25) is 0 Å². The molecular formula is C14H18N4O2. The normalized spacial score (nSPS) is 10.8. The standard InChI is InChI=1S/C14H18N4O2/c1-5-18-10(3)14(9(2)16-18)13(20)6-12(19)11-7-15-17(4)8-11/h7-8H,5-6H2,1-4H3. The predicted molar refractivity (Wildman–Crippen MR) is 73.9 cm³/mol. The van der Waals surface area contributed by atoms with E-state index in [1.54, 1.807) is 29.5 Å². The Balaban J connectivity index is 2.20. The van der Waals surface area contributed by atoms with Crippen LogP contribution in [0.15, 0.2) is 12.4 Å². The van der Waals surface area contributed by atoms with Crippen molar-refractivity contribution in [3.63, 3.8) is 0 Å². The molecule has 0 saturated heterocycles.